The number of nitrogens with zero attached hydrogens (tertiary/aromatic N) is 2. The molecule has 110 valence electrons. The summed E-state index contributed by atoms with van der Waals surface area (Å²) in [4.78, 5) is 2.09. The van der Waals surface area contributed by atoms with Gasteiger partial charge < -0.3 is 15.0 Å². The zero-order valence-electron chi connectivity index (χ0n) is 12.9. The van der Waals surface area contributed by atoms with Gasteiger partial charge in [0.25, 0.3) is 0 Å². The first-order valence-electron chi connectivity index (χ1n) is 7.09. The number of likely N-dealkylation sites (N-methyl/N-ethyl adjacent to an activating group) is 1. The Hall–Kier alpha value is -1.57. The van der Waals surface area contributed by atoms with Crippen LogP contribution < -0.4 is 10.2 Å². The minimum absolute atomic E-state index is 0.233. The Labute approximate surface area is 122 Å². The highest BCUT2D eigenvalue weighted by Crippen LogP contribution is 2.22. The second kappa shape index (κ2) is 8.57. The minimum atomic E-state index is 0.233. The molecule has 1 atom stereocenters. The summed E-state index contributed by atoms with van der Waals surface area (Å²) in [5, 5.41) is 12.7. The van der Waals surface area contributed by atoms with Gasteiger partial charge in [0, 0.05) is 26.7 Å². The van der Waals surface area contributed by atoms with Crippen molar-refractivity contribution in [3.63, 3.8) is 0 Å². The highest BCUT2D eigenvalue weighted by molar-refractivity contribution is 5.60. The molecule has 0 aromatic heterocycles. The van der Waals surface area contributed by atoms with Crippen molar-refractivity contribution in [1.82, 2.24) is 5.32 Å². The van der Waals surface area contributed by atoms with Gasteiger partial charge >= 0.3 is 0 Å². The Bertz CT molecular complexity index is 454. The van der Waals surface area contributed by atoms with Crippen LogP contribution in [0.3, 0.4) is 0 Å². The molecule has 0 radical (unpaired) electrons. The standard InChI is InChI=1S/C16H25N3O/c1-5-8-18-11-14-6-7-16(15(9-14)10-17)19(3)13(2)12-20-4/h6-7,9,13,18H,5,8,11-12H2,1-4H3. The Morgan fingerprint density at radius 1 is 1.45 bits per heavy atom. The second-order valence-corrected chi connectivity index (χ2v) is 5.06. The molecule has 0 aliphatic carbocycles. The average molecular weight is 275 g/mol. The number of rotatable bonds is 8. The number of benzene rings is 1. The second-order valence-electron chi connectivity index (χ2n) is 5.06. The minimum Gasteiger partial charge on any atom is -0.383 e. The highest BCUT2D eigenvalue weighted by Gasteiger charge is 2.13. The fourth-order valence-corrected chi connectivity index (χ4v) is 2.09. The van der Waals surface area contributed by atoms with Crippen LogP contribution in [0.5, 0.6) is 0 Å². The number of nitrogens with one attached hydrogen (secondary N) is 1. The first-order valence-corrected chi connectivity index (χ1v) is 7.09. The fraction of sp³-hybridized carbons (Fsp3) is 0.562. The van der Waals surface area contributed by atoms with E-state index in [2.05, 4.69) is 36.2 Å². The van der Waals surface area contributed by atoms with Gasteiger partial charge in [-0.25, -0.2) is 0 Å². The van der Waals surface area contributed by atoms with E-state index >= 15 is 0 Å². The van der Waals surface area contributed by atoms with Crippen LogP contribution in [0.1, 0.15) is 31.4 Å². The number of nitriles is 1. The van der Waals surface area contributed by atoms with Gasteiger partial charge in [-0.3, -0.25) is 0 Å². The summed E-state index contributed by atoms with van der Waals surface area (Å²) in [6.07, 6.45) is 1.11. The van der Waals surface area contributed by atoms with Gasteiger partial charge in [0.15, 0.2) is 0 Å². The number of hydrogen-bond acceptors (Lipinski definition) is 4. The van der Waals surface area contributed by atoms with Crippen molar-refractivity contribution in [1.29, 1.82) is 5.26 Å². The van der Waals surface area contributed by atoms with Crippen molar-refractivity contribution >= 4 is 5.69 Å². The summed E-state index contributed by atoms with van der Waals surface area (Å²) in [6.45, 7) is 6.67. The third-order valence-electron chi connectivity index (χ3n) is 3.39. The molecule has 0 bridgehead atoms. The zero-order chi connectivity index (χ0) is 15.0. The maximum Gasteiger partial charge on any atom is 0.101 e. The molecule has 0 fully saturated rings. The lowest BCUT2D eigenvalue weighted by Gasteiger charge is -2.27. The van der Waals surface area contributed by atoms with Crippen LogP contribution in [-0.2, 0) is 11.3 Å². The van der Waals surface area contributed by atoms with E-state index < -0.39 is 0 Å². The number of hydrogen-bond donors (Lipinski definition) is 1. The molecule has 0 aliphatic heterocycles. The molecule has 4 heteroatoms. The molecule has 0 saturated heterocycles. The van der Waals surface area contributed by atoms with Gasteiger partial charge in [0.1, 0.15) is 6.07 Å². The molecule has 0 spiro atoms. The van der Waals surface area contributed by atoms with Gasteiger partial charge in [-0.15, -0.1) is 0 Å². The molecule has 1 N–H and O–H groups in total. The van der Waals surface area contributed by atoms with E-state index in [-0.39, 0.29) is 6.04 Å². The smallest absolute Gasteiger partial charge is 0.101 e. The van der Waals surface area contributed by atoms with Gasteiger partial charge in [-0.05, 0) is 37.6 Å². The Balaban J connectivity index is 2.85. The molecule has 1 unspecified atom stereocenters. The highest BCUT2D eigenvalue weighted by atomic mass is 16.5. The SMILES string of the molecule is CCCNCc1ccc(N(C)C(C)COC)c(C#N)c1. The Morgan fingerprint density at radius 2 is 2.20 bits per heavy atom. The molecular weight excluding hydrogens is 250 g/mol. The largest absolute Gasteiger partial charge is 0.383 e. The van der Waals surface area contributed by atoms with Crippen LogP contribution >= 0.6 is 0 Å². The molecular formula is C16H25N3O. The monoisotopic (exact) mass is 275 g/mol. The Morgan fingerprint density at radius 3 is 2.80 bits per heavy atom. The summed E-state index contributed by atoms with van der Waals surface area (Å²) >= 11 is 0. The van der Waals surface area contributed by atoms with E-state index in [0.717, 1.165) is 30.8 Å². The van der Waals surface area contributed by atoms with Crippen molar-refractivity contribution in [2.45, 2.75) is 32.9 Å². The van der Waals surface area contributed by atoms with Crippen LogP contribution in [0.4, 0.5) is 5.69 Å². The van der Waals surface area contributed by atoms with E-state index in [9.17, 15) is 5.26 Å². The third-order valence-corrected chi connectivity index (χ3v) is 3.39. The van der Waals surface area contributed by atoms with E-state index in [4.69, 9.17) is 4.74 Å². The molecule has 0 amide bonds. The van der Waals surface area contributed by atoms with Crippen LogP contribution in [0.15, 0.2) is 18.2 Å². The molecule has 20 heavy (non-hydrogen) atoms. The van der Waals surface area contributed by atoms with E-state index in [1.165, 1.54) is 0 Å². The molecule has 0 aliphatic rings. The van der Waals surface area contributed by atoms with E-state index in [1.807, 2.05) is 19.2 Å². The van der Waals surface area contributed by atoms with Crippen LogP contribution in [0.25, 0.3) is 0 Å². The molecule has 1 aromatic carbocycles. The zero-order valence-corrected chi connectivity index (χ0v) is 12.9. The third kappa shape index (κ3) is 4.52. The van der Waals surface area contributed by atoms with Crippen molar-refractivity contribution in [2.24, 2.45) is 0 Å². The first-order chi connectivity index (χ1) is 9.63. The van der Waals surface area contributed by atoms with Crippen LogP contribution in [-0.4, -0.2) is 33.4 Å². The lowest BCUT2D eigenvalue weighted by molar-refractivity contribution is 0.183. The summed E-state index contributed by atoms with van der Waals surface area (Å²) < 4.78 is 5.17. The van der Waals surface area contributed by atoms with Crippen molar-refractivity contribution in [3.05, 3.63) is 29.3 Å². The molecule has 4 nitrogen and oxygen atoms in total. The summed E-state index contributed by atoms with van der Waals surface area (Å²) in [7, 11) is 3.69. The first kappa shape index (κ1) is 16.5. The normalized spacial score (nSPS) is 11.9. The predicted octanol–water partition coefficient (Wildman–Crippen LogP) is 2.53. The van der Waals surface area contributed by atoms with Crippen molar-refractivity contribution in [2.75, 3.05) is 32.2 Å². The summed E-state index contributed by atoms with van der Waals surface area (Å²) in [5.41, 5.74) is 2.81. The summed E-state index contributed by atoms with van der Waals surface area (Å²) in [6, 6.07) is 8.59. The number of anilines is 1. The molecule has 1 rings (SSSR count). The lowest BCUT2D eigenvalue weighted by Crippen LogP contribution is -2.33. The van der Waals surface area contributed by atoms with E-state index in [0.29, 0.717) is 12.2 Å². The average Bonchev–Trinajstić information content (AvgIpc) is 2.47. The lowest BCUT2D eigenvalue weighted by atomic mass is 10.1. The Kier molecular flexibility index (Phi) is 7.06. The molecule has 0 saturated carbocycles. The van der Waals surface area contributed by atoms with Crippen LogP contribution in [0, 0.1) is 11.3 Å². The van der Waals surface area contributed by atoms with Gasteiger partial charge in [-0.2, -0.15) is 5.26 Å². The van der Waals surface area contributed by atoms with Gasteiger partial charge in [0.05, 0.1) is 17.9 Å². The molecule has 0 heterocycles. The quantitative estimate of drug-likeness (QED) is 0.741. The maximum absolute atomic E-state index is 9.35. The van der Waals surface area contributed by atoms with E-state index in [1.54, 1.807) is 7.11 Å². The predicted molar refractivity (Wildman–Crippen MR) is 82.9 cm³/mol. The maximum atomic E-state index is 9.35. The molecule has 1 aromatic rings. The fourth-order valence-electron chi connectivity index (χ4n) is 2.09. The van der Waals surface area contributed by atoms with Gasteiger partial charge in [-0.1, -0.05) is 13.0 Å². The van der Waals surface area contributed by atoms with Crippen molar-refractivity contribution in [3.8, 4) is 6.07 Å². The van der Waals surface area contributed by atoms with Crippen LogP contribution in [0.2, 0.25) is 0 Å². The summed E-state index contributed by atoms with van der Waals surface area (Å²) in [5.74, 6) is 0. The van der Waals surface area contributed by atoms with Gasteiger partial charge in [0.2, 0.25) is 0 Å². The number of ether oxygens (including phenoxy) is 1. The number of methoxy groups -OCH3 is 1. The van der Waals surface area contributed by atoms with Crippen molar-refractivity contribution < 1.29 is 4.74 Å². The topological polar surface area (TPSA) is 48.3 Å².